The molecule has 1 saturated heterocycles. The third kappa shape index (κ3) is 4.06. The summed E-state index contributed by atoms with van der Waals surface area (Å²) in [6.45, 7) is 2.27. The molecule has 1 amide bonds. The van der Waals surface area contributed by atoms with Gasteiger partial charge in [0.2, 0.25) is 0 Å². The summed E-state index contributed by atoms with van der Waals surface area (Å²) in [4.78, 5) is 30.3. The lowest BCUT2D eigenvalue weighted by atomic mass is 9.90. The summed E-state index contributed by atoms with van der Waals surface area (Å²) in [6.07, 6.45) is 6.75. The van der Waals surface area contributed by atoms with Crippen molar-refractivity contribution in [2.45, 2.75) is 25.3 Å². The summed E-state index contributed by atoms with van der Waals surface area (Å²) in [6, 6.07) is 21.7. The number of carbonyl (C=O) groups is 2. The number of pyridine rings is 1. The van der Waals surface area contributed by atoms with Crippen molar-refractivity contribution < 1.29 is 9.59 Å². The lowest BCUT2D eigenvalue weighted by Crippen LogP contribution is -2.37. The molecule has 5 rings (SSSR count). The molecule has 0 unspecified atom stereocenters. The second kappa shape index (κ2) is 8.79. The Labute approximate surface area is 187 Å². The van der Waals surface area contributed by atoms with Crippen molar-refractivity contribution in [1.29, 1.82) is 0 Å². The Bertz CT molecular complexity index is 1240. The zero-order valence-electron chi connectivity index (χ0n) is 17.9. The number of benzene rings is 2. The van der Waals surface area contributed by atoms with Gasteiger partial charge >= 0.3 is 0 Å². The standard InChI is InChI=1S/C27H25N3O2/c31-19-21-6-8-23(9-7-21)27(32)29-13-10-22(11-14-29)25-16-24-12-15-30(26(24)28-17-25)18-20-4-2-1-3-5-20/h1-9,12,15-17,19,22H,10-11,13-14,18H2. The van der Waals surface area contributed by atoms with Crippen molar-refractivity contribution in [3.63, 3.8) is 0 Å². The highest BCUT2D eigenvalue weighted by Crippen LogP contribution is 2.30. The number of aromatic nitrogens is 2. The third-order valence-corrected chi connectivity index (χ3v) is 6.37. The smallest absolute Gasteiger partial charge is 0.253 e. The quantitative estimate of drug-likeness (QED) is 0.428. The van der Waals surface area contributed by atoms with Crippen molar-refractivity contribution in [2.24, 2.45) is 0 Å². The molecule has 0 bridgehead atoms. The maximum atomic E-state index is 12.8. The number of hydrogen-bond acceptors (Lipinski definition) is 3. The largest absolute Gasteiger partial charge is 0.339 e. The average molecular weight is 424 g/mol. The van der Waals surface area contributed by atoms with Crippen LogP contribution in [0.2, 0.25) is 0 Å². The van der Waals surface area contributed by atoms with Crippen LogP contribution in [0, 0.1) is 0 Å². The zero-order valence-corrected chi connectivity index (χ0v) is 17.9. The third-order valence-electron chi connectivity index (χ3n) is 6.37. The predicted octanol–water partition coefficient (Wildman–Crippen LogP) is 4.92. The van der Waals surface area contributed by atoms with E-state index < -0.39 is 0 Å². The second-order valence-electron chi connectivity index (χ2n) is 8.42. The van der Waals surface area contributed by atoms with Crippen LogP contribution >= 0.6 is 0 Å². The Kier molecular flexibility index (Phi) is 5.55. The molecule has 5 heteroatoms. The molecule has 5 nitrogen and oxygen atoms in total. The van der Waals surface area contributed by atoms with Gasteiger partial charge in [0.15, 0.2) is 0 Å². The fourth-order valence-corrected chi connectivity index (χ4v) is 4.53. The van der Waals surface area contributed by atoms with Crippen LogP contribution in [0.1, 0.15) is 50.6 Å². The van der Waals surface area contributed by atoms with E-state index in [1.165, 1.54) is 11.1 Å². The van der Waals surface area contributed by atoms with Gasteiger partial charge in [0, 0.05) is 48.5 Å². The maximum Gasteiger partial charge on any atom is 0.253 e. The summed E-state index contributed by atoms with van der Waals surface area (Å²) in [5.74, 6) is 0.443. The highest BCUT2D eigenvalue weighted by atomic mass is 16.2. The van der Waals surface area contributed by atoms with Crippen LogP contribution in [-0.4, -0.2) is 39.7 Å². The number of fused-ring (bicyclic) bond motifs is 1. The Morgan fingerprint density at radius 3 is 2.47 bits per heavy atom. The van der Waals surface area contributed by atoms with Gasteiger partial charge in [0.1, 0.15) is 11.9 Å². The number of likely N-dealkylation sites (tertiary alicyclic amines) is 1. The van der Waals surface area contributed by atoms with E-state index in [2.05, 4.69) is 47.2 Å². The normalized spacial score (nSPS) is 14.6. The fourth-order valence-electron chi connectivity index (χ4n) is 4.53. The number of nitrogens with zero attached hydrogens (tertiary/aromatic N) is 3. The van der Waals surface area contributed by atoms with Gasteiger partial charge in [-0.25, -0.2) is 4.98 Å². The van der Waals surface area contributed by atoms with E-state index in [-0.39, 0.29) is 5.91 Å². The van der Waals surface area contributed by atoms with E-state index in [9.17, 15) is 9.59 Å². The van der Waals surface area contributed by atoms with Gasteiger partial charge in [-0.2, -0.15) is 0 Å². The molecule has 4 aromatic rings. The molecule has 0 radical (unpaired) electrons. The van der Waals surface area contributed by atoms with E-state index in [1.54, 1.807) is 24.3 Å². The first-order valence-electron chi connectivity index (χ1n) is 11.0. The van der Waals surface area contributed by atoms with Crippen molar-refractivity contribution in [3.05, 3.63) is 101 Å². The van der Waals surface area contributed by atoms with Crippen LogP contribution in [0.4, 0.5) is 0 Å². The Morgan fingerprint density at radius 2 is 1.75 bits per heavy atom. The number of carbonyl (C=O) groups excluding carboxylic acids is 2. The van der Waals surface area contributed by atoms with Gasteiger partial charge in [-0.3, -0.25) is 9.59 Å². The topological polar surface area (TPSA) is 55.2 Å². The molecule has 1 aliphatic heterocycles. The first kappa shape index (κ1) is 20.2. The molecule has 0 aliphatic carbocycles. The Balaban J connectivity index is 1.25. The molecule has 0 atom stereocenters. The van der Waals surface area contributed by atoms with Gasteiger partial charge in [0.05, 0.1) is 0 Å². The van der Waals surface area contributed by atoms with Crippen molar-refractivity contribution in [3.8, 4) is 0 Å². The van der Waals surface area contributed by atoms with E-state index in [4.69, 9.17) is 4.98 Å². The monoisotopic (exact) mass is 423 g/mol. The highest BCUT2D eigenvalue weighted by molar-refractivity contribution is 5.95. The van der Waals surface area contributed by atoms with Crippen LogP contribution in [0.15, 0.2) is 79.1 Å². The molecule has 2 aromatic carbocycles. The zero-order chi connectivity index (χ0) is 21.9. The molecule has 160 valence electrons. The summed E-state index contributed by atoms with van der Waals surface area (Å²) in [5.41, 5.74) is 4.73. The van der Waals surface area contributed by atoms with Crippen LogP contribution in [0.3, 0.4) is 0 Å². The van der Waals surface area contributed by atoms with E-state index >= 15 is 0 Å². The fraction of sp³-hybridized carbons (Fsp3) is 0.222. The van der Waals surface area contributed by atoms with E-state index in [0.717, 1.165) is 49.8 Å². The van der Waals surface area contributed by atoms with Crippen molar-refractivity contribution in [1.82, 2.24) is 14.5 Å². The van der Waals surface area contributed by atoms with Gasteiger partial charge in [-0.15, -0.1) is 0 Å². The van der Waals surface area contributed by atoms with Crippen molar-refractivity contribution in [2.75, 3.05) is 13.1 Å². The van der Waals surface area contributed by atoms with Gasteiger partial charge in [-0.1, -0.05) is 42.5 Å². The lowest BCUT2D eigenvalue weighted by molar-refractivity contribution is 0.0712. The summed E-state index contributed by atoms with van der Waals surface area (Å²) in [5, 5.41) is 1.16. The SMILES string of the molecule is O=Cc1ccc(C(=O)N2CCC(c3cnc4c(ccn4Cc4ccccc4)c3)CC2)cc1. The highest BCUT2D eigenvalue weighted by Gasteiger charge is 2.25. The molecular formula is C27H25N3O2. The second-order valence-corrected chi connectivity index (χ2v) is 8.42. The number of hydrogen-bond donors (Lipinski definition) is 0. The summed E-state index contributed by atoms with van der Waals surface area (Å²) < 4.78 is 2.19. The molecule has 0 N–H and O–H groups in total. The number of amides is 1. The molecule has 0 spiro atoms. The van der Waals surface area contributed by atoms with Crippen LogP contribution in [-0.2, 0) is 6.54 Å². The summed E-state index contributed by atoms with van der Waals surface area (Å²) in [7, 11) is 0. The lowest BCUT2D eigenvalue weighted by Gasteiger charge is -2.32. The predicted molar refractivity (Wildman–Crippen MR) is 125 cm³/mol. The first-order valence-corrected chi connectivity index (χ1v) is 11.0. The van der Waals surface area contributed by atoms with Crippen molar-refractivity contribution >= 4 is 23.2 Å². The minimum absolute atomic E-state index is 0.0347. The molecule has 1 aliphatic rings. The summed E-state index contributed by atoms with van der Waals surface area (Å²) >= 11 is 0. The average Bonchev–Trinajstić information content (AvgIpc) is 3.26. The number of aldehydes is 1. The molecule has 1 fully saturated rings. The Hall–Kier alpha value is -3.73. The molecule has 2 aromatic heterocycles. The maximum absolute atomic E-state index is 12.8. The number of piperidine rings is 1. The number of rotatable bonds is 5. The van der Waals surface area contributed by atoms with Gasteiger partial charge in [0.25, 0.3) is 5.91 Å². The van der Waals surface area contributed by atoms with Crippen LogP contribution < -0.4 is 0 Å². The minimum atomic E-state index is 0.0347. The van der Waals surface area contributed by atoms with Gasteiger partial charge < -0.3 is 9.47 Å². The molecule has 3 heterocycles. The van der Waals surface area contributed by atoms with E-state index in [0.29, 0.717) is 17.0 Å². The Morgan fingerprint density at radius 1 is 1.00 bits per heavy atom. The van der Waals surface area contributed by atoms with E-state index in [1.807, 2.05) is 17.2 Å². The molecular weight excluding hydrogens is 398 g/mol. The molecule has 0 saturated carbocycles. The first-order chi connectivity index (χ1) is 15.7. The van der Waals surface area contributed by atoms with Crippen LogP contribution in [0.25, 0.3) is 11.0 Å². The van der Waals surface area contributed by atoms with Gasteiger partial charge in [-0.05, 0) is 54.2 Å². The molecule has 32 heavy (non-hydrogen) atoms. The van der Waals surface area contributed by atoms with Crippen LogP contribution in [0.5, 0.6) is 0 Å². The minimum Gasteiger partial charge on any atom is -0.339 e.